The molecule has 1 N–H and O–H groups in total. The maximum absolute atomic E-state index is 13.9. The predicted molar refractivity (Wildman–Crippen MR) is 79.1 cm³/mol. The van der Waals surface area contributed by atoms with Gasteiger partial charge in [0.15, 0.2) is 0 Å². The van der Waals surface area contributed by atoms with Crippen LogP contribution in [0.5, 0.6) is 0 Å². The summed E-state index contributed by atoms with van der Waals surface area (Å²) in [6.07, 6.45) is 1.35. The molecule has 1 aromatic rings. The fraction of sp³-hybridized carbons (Fsp3) is 0.625. The molecule has 112 valence electrons. The summed E-state index contributed by atoms with van der Waals surface area (Å²) < 4.78 is 19.5. The Bertz CT molecular complexity index is 425. The van der Waals surface area contributed by atoms with Gasteiger partial charge in [0.2, 0.25) is 0 Å². The van der Waals surface area contributed by atoms with E-state index in [1.54, 1.807) is 6.07 Å². The van der Waals surface area contributed by atoms with Crippen molar-refractivity contribution in [2.45, 2.75) is 39.5 Å². The average molecular weight is 280 g/mol. The topological polar surface area (TPSA) is 24.5 Å². The quantitative estimate of drug-likeness (QED) is 0.811. The van der Waals surface area contributed by atoms with Crippen LogP contribution in [-0.4, -0.2) is 37.2 Å². The minimum Gasteiger partial charge on any atom is -0.376 e. The Morgan fingerprint density at radius 3 is 3.05 bits per heavy atom. The van der Waals surface area contributed by atoms with E-state index in [1.807, 2.05) is 12.1 Å². The van der Waals surface area contributed by atoms with E-state index in [1.165, 1.54) is 0 Å². The minimum atomic E-state index is -0.108. The molecule has 0 aliphatic carbocycles. The van der Waals surface area contributed by atoms with Gasteiger partial charge in [-0.3, -0.25) is 4.90 Å². The number of ether oxygens (including phenoxy) is 1. The van der Waals surface area contributed by atoms with E-state index >= 15 is 0 Å². The number of nitrogens with zero attached hydrogens (tertiary/aromatic N) is 1. The van der Waals surface area contributed by atoms with Crippen molar-refractivity contribution in [3.05, 3.63) is 35.1 Å². The van der Waals surface area contributed by atoms with E-state index in [9.17, 15) is 4.39 Å². The second-order valence-corrected chi connectivity index (χ2v) is 5.52. The molecule has 0 radical (unpaired) electrons. The third-order valence-electron chi connectivity index (χ3n) is 3.59. The van der Waals surface area contributed by atoms with E-state index in [4.69, 9.17) is 4.74 Å². The fourth-order valence-electron chi connectivity index (χ4n) is 2.54. The second-order valence-electron chi connectivity index (χ2n) is 5.52. The molecule has 1 fully saturated rings. The van der Waals surface area contributed by atoms with Gasteiger partial charge in [-0.2, -0.15) is 0 Å². The van der Waals surface area contributed by atoms with Crippen LogP contribution in [0.3, 0.4) is 0 Å². The summed E-state index contributed by atoms with van der Waals surface area (Å²) in [4.78, 5) is 2.26. The number of benzene rings is 1. The summed E-state index contributed by atoms with van der Waals surface area (Å²) in [5, 5.41) is 3.35. The summed E-state index contributed by atoms with van der Waals surface area (Å²) >= 11 is 0. The third kappa shape index (κ3) is 4.54. The summed E-state index contributed by atoms with van der Waals surface area (Å²) in [5.41, 5.74) is 1.94. The Labute approximate surface area is 121 Å². The molecular weight excluding hydrogens is 255 g/mol. The van der Waals surface area contributed by atoms with Crippen molar-refractivity contribution < 1.29 is 9.13 Å². The Morgan fingerprint density at radius 2 is 2.30 bits per heavy atom. The summed E-state index contributed by atoms with van der Waals surface area (Å²) in [7, 11) is 0. The van der Waals surface area contributed by atoms with Crippen molar-refractivity contribution in [2.24, 2.45) is 0 Å². The van der Waals surface area contributed by atoms with Gasteiger partial charge in [0, 0.05) is 31.7 Å². The van der Waals surface area contributed by atoms with E-state index in [0.29, 0.717) is 6.54 Å². The van der Waals surface area contributed by atoms with E-state index in [0.717, 1.165) is 50.3 Å². The maximum Gasteiger partial charge on any atom is 0.127 e. The van der Waals surface area contributed by atoms with Crippen molar-refractivity contribution in [1.82, 2.24) is 10.2 Å². The molecule has 0 aromatic heterocycles. The molecule has 20 heavy (non-hydrogen) atoms. The molecule has 0 spiro atoms. The van der Waals surface area contributed by atoms with Crippen LogP contribution in [0.25, 0.3) is 0 Å². The fourth-order valence-corrected chi connectivity index (χ4v) is 2.54. The molecular formula is C16H25FN2O. The zero-order valence-electron chi connectivity index (χ0n) is 12.5. The number of hydrogen-bond donors (Lipinski definition) is 1. The maximum atomic E-state index is 13.9. The normalized spacial score (nSPS) is 20.2. The van der Waals surface area contributed by atoms with Crippen molar-refractivity contribution >= 4 is 0 Å². The highest BCUT2D eigenvalue weighted by Crippen LogP contribution is 2.15. The standard InChI is InChI=1S/C16H25FN2O/c1-3-6-18-10-14-4-5-16(17)15(9-14)12-19-7-8-20-13(2)11-19/h4-5,9,13,18H,3,6-8,10-12H2,1-2H3. The lowest BCUT2D eigenvalue weighted by Crippen LogP contribution is -2.40. The van der Waals surface area contributed by atoms with Crippen LogP contribution in [0.2, 0.25) is 0 Å². The average Bonchev–Trinajstić information content (AvgIpc) is 2.43. The van der Waals surface area contributed by atoms with Crippen molar-refractivity contribution in [1.29, 1.82) is 0 Å². The van der Waals surface area contributed by atoms with Crippen molar-refractivity contribution in [3.63, 3.8) is 0 Å². The van der Waals surface area contributed by atoms with Gasteiger partial charge in [-0.25, -0.2) is 4.39 Å². The number of hydrogen-bond acceptors (Lipinski definition) is 3. The Kier molecular flexibility index (Phi) is 5.95. The molecule has 1 aliphatic rings. The van der Waals surface area contributed by atoms with Crippen LogP contribution >= 0.6 is 0 Å². The monoisotopic (exact) mass is 280 g/mol. The summed E-state index contributed by atoms with van der Waals surface area (Å²) in [6, 6.07) is 5.43. The molecule has 1 atom stereocenters. The largest absolute Gasteiger partial charge is 0.376 e. The highest BCUT2D eigenvalue weighted by atomic mass is 19.1. The number of halogens is 1. The first-order valence-corrected chi connectivity index (χ1v) is 7.51. The molecule has 2 rings (SSSR count). The molecule has 4 heteroatoms. The van der Waals surface area contributed by atoms with Crippen LogP contribution < -0.4 is 5.32 Å². The molecule has 1 aromatic carbocycles. The zero-order valence-corrected chi connectivity index (χ0v) is 12.5. The smallest absolute Gasteiger partial charge is 0.127 e. The highest BCUT2D eigenvalue weighted by Gasteiger charge is 2.18. The van der Waals surface area contributed by atoms with Gasteiger partial charge >= 0.3 is 0 Å². The van der Waals surface area contributed by atoms with Crippen LogP contribution in [-0.2, 0) is 17.8 Å². The Hall–Kier alpha value is -0.970. The first kappa shape index (κ1) is 15.4. The molecule has 1 aliphatic heterocycles. The Morgan fingerprint density at radius 1 is 1.45 bits per heavy atom. The lowest BCUT2D eigenvalue weighted by molar-refractivity contribution is -0.0215. The highest BCUT2D eigenvalue weighted by molar-refractivity contribution is 5.25. The van der Waals surface area contributed by atoms with Gasteiger partial charge < -0.3 is 10.1 Å². The van der Waals surface area contributed by atoms with Crippen molar-refractivity contribution in [3.8, 4) is 0 Å². The molecule has 1 heterocycles. The van der Waals surface area contributed by atoms with Gasteiger partial charge in [-0.05, 0) is 31.5 Å². The molecule has 0 bridgehead atoms. The Balaban J connectivity index is 1.96. The number of rotatable bonds is 6. The van der Waals surface area contributed by atoms with Gasteiger partial charge in [0.05, 0.1) is 12.7 Å². The van der Waals surface area contributed by atoms with Crippen LogP contribution in [0.4, 0.5) is 4.39 Å². The lowest BCUT2D eigenvalue weighted by Gasteiger charge is -2.31. The first-order chi connectivity index (χ1) is 9.69. The van der Waals surface area contributed by atoms with Crippen LogP contribution in [0.15, 0.2) is 18.2 Å². The van der Waals surface area contributed by atoms with E-state index in [-0.39, 0.29) is 11.9 Å². The summed E-state index contributed by atoms with van der Waals surface area (Å²) in [5.74, 6) is -0.108. The van der Waals surface area contributed by atoms with Crippen molar-refractivity contribution in [2.75, 3.05) is 26.2 Å². The van der Waals surface area contributed by atoms with E-state index < -0.39 is 0 Å². The summed E-state index contributed by atoms with van der Waals surface area (Å²) in [6.45, 7) is 9.16. The molecule has 1 saturated heterocycles. The van der Waals surface area contributed by atoms with Crippen LogP contribution in [0, 0.1) is 5.82 Å². The van der Waals surface area contributed by atoms with Gasteiger partial charge in [-0.1, -0.05) is 19.1 Å². The lowest BCUT2D eigenvalue weighted by atomic mass is 10.1. The van der Waals surface area contributed by atoms with Gasteiger partial charge in [0.25, 0.3) is 0 Å². The van der Waals surface area contributed by atoms with Gasteiger partial charge in [-0.15, -0.1) is 0 Å². The minimum absolute atomic E-state index is 0.108. The van der Waals surface area contributed by atoms with Crippen LogP contribution in [0.1, 0.15) is 31.4 Å². The molecule has 0 saturated carbocycles. The first-order valence-electron chi connectivity index (χ1n) is 7.51. The van der Waals surface area contributed by atoms with E-state index in [2.05, 4.69) is 24.1 Å². The number of nitrogens with one attached hydrogen (secondary N) is 1. The molecule has 1 unspecified atom stereocenters. The zero-order chi connectivity index (χ0) is 14.4. The SMILES string of the molecule is CCCNCc1ccc(F)c(CN2CCOC(C)C2)c1. The number of morpholine rings is 1. The second kappa shape index (κ2) is 7.72. The third-order valence-corrected chi connectivity index (χ3v) is 3.59. The van der Waals surface area contributed by atoms with Gasteiger partial charge in [0.1, 0.15) is 5.82 Å². The molecule has 3 nitrogen and oxygen atoms in total. The predicted octanol–water partition coefficient (Wildman–Crippen LogP) is 2.55. The molecule has 0 amide bonds.